The molecule has 3 saturated heterocycles. The van der Waals surface area contributed by atoms with E-state index in [0.717, 1.165) is 12.1 Å². The van der Waals surface area contributed by atoms with Crippen molar-refractivity contribution in [3.05, 3.63) is 0 Å². The van der Waals surface area contributed by atoms with Gasteiger partial charge in [-0.3, -0.25) is 9.80 Å². The summed E-state index contributed by atoms with van der Waals surface area (Å²) in [5, 5.41) is 0. The molecule has 3 aliphatic heterocycles. The second-order valence-electron chi connectivity index (χ2n) is 6.71. The summed E-state index contributed by atoms with van der Waals surface area (Å²) in [6.45, 7) is 4.90. The first-order valence-electron chi connectivity index (χ1n) is 7.53. The van der Waals surface area contributed by atoms with Gasteiger partial charge in [-0.25, -0.2) is 0 Å². The maximum Gasteiger partial charge on any atom is 0.0348 e. The first-order valence-corrected chi connectivity index (χ1v) is 7.53. The van der Waals surface area contributed by atoms with Crippen molar-refractivity contribution in [2.24, 2.45) is 5.73 Å². The second-order valence-corrected chi connectivity index (χ2v) is 6.71. The minimum absolute atomic E-state index is 0.463. The monoisotopic (exact) mass is 252 g/mol. The largest absolute Gasteiger partial charge is 0.328 e. The Labute approximate surface area is 111 Å². The summed E-state index contributed by atoms with van der Waals surface area (Å²) in [6.07, 6.45) is 5.21. The molecule has 3 heterocycles. The van der Waals surface area contributed by atoms with Crippen LogP contribution < -0.4 is 5.73 Å². The van der Waals surface area contributed by atoms with Crippen molar-refractivity contribution < 1.29 is 0 Å². The van der Waals surface area contributed by atoms with Crippen molar-refractivity contribution in [2.45, 2.75) is 49.9 Å². The van der Waals surface area contributed by atoms with Gasteiger partial charge in [0.15, 0.2) is 0 Å². The van der Waals surface area contributed by atoms with Crippen LogP contribution in [0.4, 0.5) is 0 Å². The van der Waals surface area contributed by atoms with Gasteiger partial charge >= 0.3 is 0 Å². The molecule has 18 heavy (non-hydrogen) atoms. The van der Waals surface area contributed by atoms with Gasteiger partial charge in [0, 0.05) is 50.3 Å². The molecular weight excluding hydrogens is 224 g/mol. The Morgan fingerprint density at radius 2 is 1.72 bits per heavy atom. The highest BCUT2D eigenvalue weighted by molar-refractivity contribution is 4.98. The zero-order valence-corrected chi connectivity index (χ0v) is 11.9. The van der Waals surface area contributed by atoms with Gasteiger partial charge in [0.2, 0.25) is 0 Å². The fraction of sp³-hybridized carbons (Fsp3) is 1.00. The molecule has 4 heteroatoms. The van der Waals surface area contributed by atoms with Gasteiger partial charge in [0.05, 0.1) is 0 Å². The van der Waals surface area contributed by atoms with Crippen molar-refractivity contribution in [3.8, 4) is 0 Å². The SMILES string of the molecule is CN1CCN(C)C(CN2C3CCC2CC(N)C3)C1. The highest BCUT2D eigenvalue weighted by Crippen LogP contribution is 2.35. The van der Waals surface area contributed by atoms with Crippen LogP contribution in [0.15, 0.2) is 0 Å². The van der Waals surface area contributed by atoms with Crippen LogP contribution in [-0.2, 0) is 0 Å². The van der Waals surface area contributed by atoms with E-state index in [-0.39, 0.29) is 0 Å². The number of nitrogens with zero attached hydrogens (tertiary/aromatic N) is 3. The summed E-state index contributed by atoms with van der Waals surface area (Å²) in [5.41, 5.74) is 6.15. The topological polar surface area (TPSA) is 35.7 Å². The van der Waals surface area contributed by atoms with E-state index >= 15 is 0 Å². The van der Waals surface area contributed by atoms with E-state index in [2.05, 4.69) is 28.8 Å². The molecule has 0 radical (unpaired) electrons. The molecule has 0 amide bonds. The third kappa shape index (κ3) is 2.44. The Kier molecular flexibility index (Phi) is 3.63. The molecule has 0 aliphatic carbocycles. The number of piperidine rings is 1. The summed E-state index contributed by atoms with van der Waals surface area (Å²) >= 11 is 0. The number of fused-ring (bicyclic) bond motifs is 2. The Morgan fingerprint density at radius 1 is 1.06 bits per heavy atom. The van der Waals surface area contributed by atoms with Crippen LogP contribution in [0.5, 0.6) is 0 Å². The van der Waals surface area contributed by atoms with Gasteiger partial charge in [-0.05, 0) is 39.8 Å². The zero-order valence-electron chi connectivity index (χ0n) is 11.9. The molecule has 3 rings (SSSR count). The number of nitrogens with two attached hydrogens (primary N) is 1. The van der Waals surface area contributed by atoms with E-state index in [9.17, 15) is 0 Å². The molecule has 2 N–H and O–H groups in total. The van der Waals surface area contributed by atoms with Crippen molar-refractivity contribution >= 4 is 0 Å². The number of piperazine rings is 1. The van der Waals surface area contributed by atoms with Crippen LogP contribution in [0.25, 0.3) is 0 Å². The van der Waals surface area contributed by atoms with Crippen molar-refractivity contribution in [1.29, 1.82) is 0 Å². The van der Waals surface area contributed by atoms with Crippen LogP contribution in [0, 0.1) is 0 Å². The van der Waals surface area contributed by atoms with Crippen molar-refractivity contribution in [1.82, 2.24) is 14.7 Å². The third-order valence-corrected chi connectivity index (χ3v) is 5.32. The maximum atomic E-state index is 6.15. The Hall–Kier alpha value is -0.160. The molecule has 3 unspecified atom stereocenters. The zero-order chi connectivity index (χ0) is 12.7. The Morgan fingerprint density at radius 3 is 2.39 bits per heavy atom. The molecule has 3 fully saturated rings. The van der Waals surface area contributed by atoms with Crippen LogP contribution in [0.3, 0.4) is 0 Å². The highest BCUT2D eigenvalue weighted by Gasteiger charge is 2.41. The number of rotatable bonds is 2. The molecule has 3 atom stereocenters. The average molecular weight is 252 g/mol. The molecule has 4 nitrogen and oxygen atoms in total. The summed E-state index contributed by atoms with van der Waals surface area (Å²) in [7, 11) is 4.54. The molecule has 0 aromatic rings. The van der Waals surface area contributed by atoms with E-state index in [1.54, 1.807) is 0 Å². The molecule has 2 bridgehead atoms. The predicted octanol–water partition coefficient (Wildman–Crippen LogP) is 0.186. The quantitative estimate of drug-likeness (QED) is 0.761. The first-order chi connectivity index (χ1) is 8.63. The Balaban J connectivity index is 1.62. The van der Waals surface area contributed by atoms with Gasteiger partial charge in [-0.15, -0.1) is 0 Å². The molecule has 0 aromatic carbocycles. The van der Waals surface area contributed by atoms with E-state index in [4.69, 9.17) is 5.73 Å². The lowest BCUT2D eigenvalue weighted by Crippen LogP contribution is -2.57. The van der Waals surface area contributed by atoms with Crippen LogP contribution in [0.1, 0.15) is 25.7 Å². The highest BCUT2D eigenvalue weighted by atomic mass is 15.3. The lowest BCUT2D eigenvalue weighted by Gasteiger charge is -2.44. The fourth-order valence-corrected chi connectivity index (χ4v) is 4.16. The smallest absolute Gasteiger partial charge is 0.0348 e. The van der Waals surface area contributed by atoms with E-state index in [1.165, 1.54) is 51.9 Å². The third-order valence-electron chi connectivity index (χ3n) is 5.32. The van der Waals surface area contributed by atoms with Gasteiger partial charge in [0.25, 0.3) is 0 Å². The van der Waals surface area contributed by atoms with Gasteiger partial charge in [-0.1, -0.05) is 0 Å². The fourth-order valence-electron chi connectivity index (χ4n) is 4.16. The lowest BCUT2D eigenvalue weighted by molar-refractivity contribution is 0.0471. The van der Waals surface area contributed by atoms with Crippen LogP contribution in [0.2, 0.25) is 0 Å². The minimum Gasteiger partial charge on any atom is -0.328 e. The van der Waals surface area contributed by atoms with Crippen LogP contribution >= 0.6 is 0 Å². The van der Waals surface area contributed by atoms with Gasteiger partial charge in [-0.2, -0.15) is 0 Å². The molecule has 104 valence electrons. The maximum absolute atomic E-state index is 6.15. The molecule has 0 aromatic heterocycles. The standard InChI is InChI=1S/C14H28N4/c1-16-5-6-17(2)14(9-16)10-18-12-3-4-13(18)8-11(15)7-12/h11-14H,3-10,15H2,1-2H3. The van der Waals surface area contributed by atoms with E-state index in [1.807, 2.05) is 0 Å². The van der Waals surface area contributed by atoms with E-state index < -0.39 is 0 Å². The van der Waals surface area contributed by atoms with Crippen molar-refractivity contribution in [2.75, 3.05) is 40.3 Å². The Bertz CT molecular complexity index is 282. The molecule has 3 aliphatic rings. The van der Waals surface area contributed by atoms with Gasteiger partial charge in [0.1, 0.15) is 0 Å². The predicted molar refractivity (Wildman–Crippen MR) is 74.6 cm³/mol. The molecular formula is C14H28N4. The number of hydrogen-bond donors (Lipinski definition) is 1. The molecule has 0 saturated carbocycles. The number of likely N-dealkylation sites (N-methyl/N-ethyl adjacent to an activating group) is 2. The summed E-state index contributed by atoms with van der Waals surface area (Å²) in [4.78, 5) is 7.81. The van der Waals surface area contributed by atoms with E-state index in [0.29, 0.717) is 12.1 Å². The minimum atomic E-state index is 0.463. The van der Waals surface area contributed by atoms with Crippen molar-refractivity contribution in [3.63, 3.8) is 0 Å². The second kappa shape index (κ2) is 5.08. The lowest BCUT2D eigenvalue weighted by atomic mass is 9.97. The molecule has 0 spiro atoms. The first kappa shape index (κ1) is 12.9. The van der Waals surface area contributed by atoms with Gasteiger partial charge < -0.3 is 10.6 Å². The summed E-state index contributed by atoms with van der Waals surface area (Å²) in [6, 6.07) is 2.73. The normalized spacial score (nSPS) is 43.5. The van der Waals surface area contributed by atoms with Crippen LogP contribution in [-0.4, -0.2) is 79.1 Å². The average Bonchev–Trinajstić information content (AvgIpc) is 2.57. The number of hydrogen-bond acceptors (Lipinski definition) is 4. The summed E-state index contributed by atoms with van der Waals surface area (Å²) in [5.74, 6) is 0. The summed E-state index contributed by atoms with van der Waals surface area (Å²) < 4.78 is 0.